The Bertz CT molecular complexity index is 1880. The fourth-order valence-corrected chi connectivity index (χ4v) is 15.4. The molecule has 0 saturated carbocycles. The summed E-state index contributed by atoms with van der Waals surface area (Å²) in [6.07, 6.45) is 0. The van der Waals surface area contributed by atoms with E-state index in [1.165, 1.54) is 0 Å². The van der Waals surface area contributed by atoms with Crippen molar-refractivity contribution in [2.45, 2.75) is 10.3 Å². The van der Waals surface area contributed by atoms with E-state index in [0.29, 0.717) is 34.5 Å². The van der Waals surface area contributed by atoms with Gasteiger partial charge in [0, 0.05) is 0 Å². The van der Waals surface area contributed by atoms with E-state index in [9.17, 15) is 0 Å². The van der Waals surface area contributed by atoms with Gasteiger partial charge in [0.05, 0.1) is 68.8 Å². The molecular formula is C46H42O8P2. The third-order valence-electron chi connectivity index (χ3n) is 10.5. The van der Waals surface area contributed by atoms with Gasteiger partial charge in [-0.1, -0.05) is 72.8 Å². The lowest BCUT2D eigenvalue weighted by atomic mass is 9.83. The Labute approximate surface area is 329 Å². The van der Waals surface area contributed by atoms with E-state index in [0.717, 1.165) is 33.4 Å². The van der Waals surface area contributed by atoms with Crippen LogP contribution in [0, 0.1) is 0 Å². The minimum Gasteiger partial charge on any atom is -0.497 e. The van der Waals surface area contributed by atoms with E-state index in [-0.39, 0.29) is 10.5 Å². The van der Waals surface area contributed by atoms with Crippen LogP contribution in [0.4, 0.5) is 9.59 Å². The highest BCUT2D eigenvalue weighted by Crippen LogP contribution is 2.88. The van der Waals surface area contributed by atoms with Gasteiger partial charge in [0.25, 0.3) is 0 Å². The van der Waals surface area contributed by atoms with E-state index in [2.05, 4.69) is 0 Å². The second-order valence-electron chi connectivity index (χ2n) is 13.0. The molecule has 1 aliphatic heterocycles. The molecule has 56 heavy (non-hydrogen) atoms. The van der Waals surface area contributed by atoms with E-state index in [1.54, 1.807) is 42.7 Å². The number of methoxy groups -OCH3 is 6. The first-order valence-electron chi connectivity index (χ1n) is 17.9. The van der Waals surface area contributed by atoms with Gasteiger partial charge in [-0.25, -0.2) is 0 Å². The van der Waals surface area contributed by atoms with Crippen LogP contribution in [-0.4, -0.2) is 53.2 Å². The second kappa shape index (κ2) is 16.2. The van der Waals surface area contributed by atoms with E-state index < -0.39 is 26.2 Å². The van der Waals surface area contributed by atoms with Crippen LogP contribution in [0.15, 0.2) is 146 Å². The molecule has 0 N–H and O–H groups in total. The molecule has 0 aromatic heterocycles. The predicted molar refractivity (Wildman–Crippen MR) is 222 cm³/mol. The maximum atomic E-state index is 15.9. The van der Waals surface area contributed by atoms with Crippen molar-refractivity contribution < 1.29 is 38.0 Å². The maximum absolute atomic E-state index is 15.9. The normalized spacial score (nSPS) is 15.4. The van der Waals surface area contributed by atoms with Crippen molar-refractivity contribution >= 4 is 26.4 Å². The van der Waals surface area contributed by atoms with Gasteiger partial charge in [-0.2, -0.15) is 0 Å². The summed E-state index contributed by atoms with van der Waals surface area (Å²) >= 11 is 0. The third kappa shape index (κ3) is 6.37. The zero-order valence-corrected chi connectivity index (χ0v) is 33.8. The molecule has 0 aliphatic carbocycles. The summed E-state index contributed by atoms with van der Waals surface area (Å²) in [6, 6.07) is 46.0. The average Bonchev–Trinajstić information content (AvgIpc) is 3.27. The van der Waals surface area contributed by atoms with Gasteiger partial charge in [0.1, 0.15) is 34.5 Å². The van der Waals surface area contributed by atoms with Crippen LogP contribution in [0.2, 0.25) is 0 Å². The number of carbonyl (C=O) groups is 2. The number of carbonyl (C=O) groups excluding carboxylic acids is 2. The fourth-order valence-electron chi connectivity index (χ4n) is 7.66. The first kappa shape index (κ1) is 38.6. The molecule has 6 aromatic rings. The number of ether oxygens (including phenoxy) is 6. The Kier molecular flexibility index (Phi) is 11.2. The smallest absolute Gasteiger partial charge is 0.194 e. The molecule has 6 aromatic carbocycles. The number of hydrogen-bond donors (Lipinski definition) is 0. The van der Waals surface area contributed by atoms with Gasteiger partial charge in [0.2, 0.25) is 0 Å². The van der Waals surface area contributed by atoms with Gasteiger partial charge < -0.3 is 28.4 Å². The van der Waals surface area contributed by atoms with Crippen LogP contribution < -0.4 is 28.4 Å². The summed E-state index contributed by atoms with van der Waals surface area (Å²) in [5, 5.41) is -2.52. The number of hydrogen-bond acceptors (Lipinski definition) is 8. The van der Waals surface area contributed by atoms with Gasteiger partial charge in [-0.3, -0.25) is 9.59 Å². The summed E-state index contributed by atoms with van der Waals surface area (Å²) in [7, 11) is 5.51. The molecule has 8 nitrogen and oxygen atoms in total. The third-order valence-corrected chi connectivity index (χ3v) is 17.3. The van der Waals surface area contributed by atoms with E-state index >= 15 is 9.59 Å². The standard InChI is InChI=1S/C46H42O8P2/c1-49-37-19-7-31(8-20-37)45(32-9-21-38(50-2)22-10-32,33-11-23-39(51-3)24-12-33)55-43(47)56(44(55)48)46(34-13-25-40(52-4)26-14-34,35-15-27-41(53-5)28-16-35)36-17-29-42(54-6)30-18-36/h7-30H,1-6H3. The highest BCUT2D eigenvalue weighted by Gasteiger charge is 2.68. The Hall–Kier alpha value is -5.68. The molecule has 1 aliphatic rings. The summed E-state index contributed by atoms with van der Waals surface area (Å²) < 4.78 is 33.4. The van der Waals surface area contributed by atoms with Crippen LogP contribution in [-0.2, 0) is 10.3 Å². The highest BCUT2D eigenvalue weighted by atomic mass is 31.2. The molecule has 1 fully saturated rings. The monoisotopic (exact) mass is 784 g/mol. The Morgan fingerprint density at radius 2 is 0.429 bits per heavy atom. The lowest BCUT2D eigenvalue weighted by Crippen LogP contribution is -2.42. The summed E-state index contributed by atoms with van der Waals surface area (Å²) in [6.45, 7) is 0. The zero-order valence-electron chi connectivity index (χ0n) is 32.0. The largest absolute Gasteiger partial charge is 0.497 e. The molecule has 0 amide bonds. The molecule has 10 heteroatoms. The van der Waals surface area contributed by atoms with Crippen LogP contribution in [0.3, 0.4) is 0 Å². The van der Waals surface area contributed by atoms with Gasteiger partial charge in [-0.15, -0.1) is 0 Å². The molecule has 0 unspecified atom stereocenters. The van der Waals surface area contributed by atoms with Gasteiger partial charge in [0.15, 0.2) is 10.5 Å². The summed E-state index contributed by atoms with van der Waals surface area (Å²) in [4.78, 5) is 31.9. The SMILES string of the molecule is COc1ccc(C(c2ccc(OC)cc2)(c2ccc(OC)cc2)P2C(=O)P(C(c3ccc(OC)cc3)(c3ccc(OC)cc3)c3ccc(OC)cc3)C2=O)cc1. The van der Waals surface area contributed by atoms with Crippen molar-refractivity contribution in [3.05, 3.63) is 179 Å². The predicted octanol–water partition coefficient (Wildman–Crippen LogP) is 11.2. The Balaban J connectivity index is 1.53. The minimum absolute atomic E-state index is 0.0788. The molecule has 1 heterocycles. The fraction of sp³-hybridized carbons (Fsp3) is 0.174. The Morgan fingerprint density at radius 1 is 0.286 bits per heavy atom. The first-order valence-corrected chi connectivity index (χ1v) is 20.5. The topological polar surface area (TPSA) is 89.5 Å². The van der Waals surface area contributed by atoms with Crippen LogP contribution in [0.5, 0.6) is 34.5 Å². The summed E-state index contributed by atoms with van der Waals surface area (Å²) in [5.74, 6) is 3.95. The second-order valence-corrected chi connectivity index (χ2v) is 18.0. The molecule has 0 atom stereocenters. The molecule has 284 valence electrons. The number of benzene rings is 6. The minimum atomic E-state index is -2.09. The first-order chi connectivity index (χ1) is 27.3. The molecule has 0 bridgehead atoms. The quantitative estimate of drug-likeness (QED) is 0.0797. The number of rotatable bonds is 14. The Morgan fingerprint density at radius 3 is 0.554 bits per heavy atom. The molecule has 0 radical (unpaired) electrons. The molecular weight excluding hydrogens is 742 g/mol. The van der Waals surface area contributed by atoms with Crippen molar-refractivity contribution in [3.63, 3.8) is 0 Å². The molecule has 7 rings (SSSR count). The lowest BCUT2D eigenvalue weighted by molar-refractivity contribution is 0.267. The molecule has 1 saturated heterocycles. The van der Waals surface area contributed by atoms with Gasteiger partial charge in [-0.05, 0) is 106 Å². The average molecular weight is 785 g/mol. The zero-order chi connectivity index (χ0) is 39.5. The van der Waals surface area contributed by atoms with Crippen molar-refractivity contribution in [1.29, 1.82) is 0 Å². The van der Waals surface area contributed by atoms with Crippen molar-refractivity contribution in [2.75, 3.05) is 42.7 Å². The van der Waals surface area contributed by atoms with E-state index in [1.807, 2.05) is 146 Å². The van der Waals surface area contributed by atoms with E-state index in [4.69, 9.17) is 28.4 Å². The molecule has 0 spiro atoms. The van der Waals surface area contributed by atoms with Crippen molar-refractivity contribution in [2.24, 2.45) is 0 Å². The highest BCUT2D eigenvalue weighted by molar-refractivity contribution is 8.34. The summed E-state index contributed by atoms with van der Waals surface area (Å²) in [5.41, 5.74) is 4.75. The van der Waals surface area contributed by atoms with Crippen LogP contribution >= 0.6 is 15.8 Å². The van der Waals surface area contributed by atoms with Crippen molar-refractivity contribution in [1.82, 2.24) is 0 Å². The van der Waals surface area contributed by atoms with Crippen molar-refractivity contribution in [3.8, 4) is 34.5 Å². The van der Waals surface area contributed by atoms with Crippen LogP contribution in [0.1, 0.15) is 33.4 Å². The lowest BCUT2D eigenvalue weighted by Gasteiger charge is -2.53. The maximum Gasteiger partial charge on any atom is 0.194 e. The van der Waals surface area contributed by atoms with Gasteiger partial charge >= 0.3 is 0 Å². The van der Waals surface area contributed by atoms with Crippen LogP contribution in [0.25, 0.3) is 0 Å².